The largest absolute Gasteiger partial charge is 0.496 e. The first-order chi connectivity index (χ1) is 11.8. The highest BCUT2D eigenvalue weighted by Crippen LogP contribution is 2.32. The Balaban J connectivity index is 1.70. The minimum atomic E-state index is 0.838. The van der Waals surface area contributed by atoms with Crippen LogP contribution in [-0.4, -0.2) is 38.3 Å². The van der Waals surface area contributed by atoms with Gasteiger partial charge >= 0.3 is 0 Å². The molecule has 0 aliphatic carbocycles. The summed E-state index contributed by atoms with van der Waals surface area (Å²) in [6.07, 6.45) is 0. The van der Waals surface area contributed by atoms with E-state index in [-0.39, 0.29) is 0 Å². The van der Waals surface area contributed by atoms with E-state index in [2.05, 4.69) is 51.2 Å². The van der Waals surface area contributed by atoms with Crippen molar-refractivity contribution in [2.45, 2.75) is 17.2 Å². The lowest BCUT2D eigenvalue weighted by Crippen LogP contribution is -2.35. The average Bonchev–Trinajstić information content (AvgIpc) is 2.62. The van der Waals surface area contributed by atoms with Gasteiger partial charge in [-0.2, -0.15) is 0 Å². The first-order valence-corrected chi connectivity index (χ1v) is 9.87. The van der Waals surface area contributed by atoms with Crippen LogP contribution in [0.1, 0.15) is 11.1 Å². The van der Waals surface area contributed by atoms with Crippen molar-refractivity contribution in [3.05, 3.63) is 58.1 Å². The van der Waals surface area contributed by atoms with Crippen molar-refractivity contribution < 1.29 is 9.47 Å². The fourth-order valence-corrected chi connectivity index (χ4v) is 4.23. The van der Waals surface area contributed by atoms with E-state index in [1.807, 2.05) is 23.9 Å². The van der Waals surface area contributed by atoms with Crippen molar-refractivity contribution >= 4 is 27.7 Å². The van der Waals surface area contributed by atoms with Crippen LogP contribution in [0.4, 0.5) is 0 Å². The fourth-order valence-electron chi connectivity index (χ4n) is 2.79. The zero-order valence-electron chi connectivity index (χ0n) is 13.8. The topological polar surface area (TPSA) is 21.7 Å². The van der Waals surface area contributed by atoms with E-state index in [0.717, 1.165) is 48.8 Å². The molecule has 3 rings (SSSR count). The molecule has 0 radical (unpaired) electrons. The quantitative estimate of drug-likeness (QED) is 0.653. The summed E-state index contributed by atoms with van der Waals surface area (Å²) in [4.78, 5) is 3.80. The number of hydrogen-bond acceptors (Lipinski definition) is 4. The van der Waals surface area contributed by atoms with Gasteiger partial charge in [0.25, 0.3) is 0 Å². The highest BCUT2D eigenvalue weighted by atomic mass is 79.9. The summed E-state index contributed by atoms with van der Waals surface area (Å²) in [7, 11) is 1.73. The Labute approximate surface area is 156 Å². The molecule has 5 heteroatoms. The molecule has 0 saturated carbocycles. The molecule has 2 aromatic rings. The molecule has 128 valence electrons. The zero-order chi connectivity index (χ0) is 16.8. The van der Waals surface area contributed by atoms with Crippen LogP contribution in [0.5, 0.6) is 5.75 Å². The summed E-state index contributed by atoms with van der Waals surface area (Å²) in [5, 5.41) is 0. The van der Waals surface area contributed by atoms with Crippen molar-refractivity contribution in [3.8, 4) is 5.75 Å². The van der Waals surface area contributed by atoms with Gasteiger partial charge in [-0.15, -0.1) is 11.8 Å². The van der Waals surface area contributed by atoms with E-state index in [9.17, 15) is 0 Å². The number of nitrogens with zero attached hydrogens (tertiary/aromatic N) is 1. The maximum atomic E-state index is 5.48. The van der Waals surface area contributed by atoms with Crippen LogP contribution in [0.3, 0.4) is 0 Å². The molecular formula is C19H22BrNO2S. The fraction of sp³-hybridized carbons (Fsp3) is 0.368. The lowest BCUT2D eigenvalue weighted by molar-refractivity contribution is 0.0338. The molecule has 2 aromatic carbocycles. The third-order valence-electron chi connectivity index (χ3n) is 4.10. The zero-order valence-corrected chi connectivity index (χ0v) is 16.2. The van der Waals surface area contributed by atoms with Gasteiger partial charge in [-0.25, -0.2) is 0 Å². The van der Waals surface area contributed by atoms with Gasteiger partial charge in [0.05, 0.1) is 20.3 Å². The minimum absolute atomic E-state index is 0.838. The summed E-state index contributed by atoms with van der Waals surface area (Å²) < 4.78 is 12.0. The Kier molecular flexibility index (Phi) is 6.60. The van der Waals surface area contributed by atoms with Gasteiger partial charge in [0.15, 0.2) is 0 Å². The SMILES string of the molecule is COc1ccc(Br)cc1CSc1ccccc1CN1CCOCC1. The molecule has 1 saturated heterocycles. The van der Waals surface area contributed by atoms with Gasteiger partial charge in [-0.1, -0.05) is 34.1 Å². The number of methoxy groups -OCH3 is 1. The van der Waals surface area contributed by atoms with Crippen LogP contribution in [0.15, 0.2) is 51.8 Å². The second-order valence-corrected chi connectivity index (χ2v) is 7.67. The molecule has 0 spiro atoms. The lowest BCUT2D eigenvalue weighted by atomic mass is 10.2. The van der Waals surface area contributed by atoms with Crippen LogP contribution in [-0.2, 0) is 17.0 Å². The van der Waals surface area contributed by atoms with Gasteiger partial charge in [-0.3, -0.25) is 4.90 Å². The lowest BCUT2D eigenvalue weighted by Gasteiger charge is -2.27. The maximum Gasteiger partial charge on any atom is 0.122 e. The number of hydrogen-bond donors (Lipinski definition) is 0. The molecule has 24 heavy (non-hydrogen) atoms. The first kappa shape index (κ1) is 17.8. The van der Waals surface area contributed by atoms with Gasteiger partial charge < -0.3 is 9.47 Å². The Bertz CT molecular complexity index is 674. The van der Waals surface area contributed by atoms with Gasteiger partial charge in [0, 0.05) is 40.3 Å². The van der Waals surface area contributed by atoms with Crippen molar-refractivity contribution in [3.63, 3.8) is 0 Å². The van der Waals surface area contributed by atoms with Gasteiger partial charge in [0.2, 0.25) is 0 Å². The van der Waals surface area contributed by atoms with E-state index in [4.69, 9.17) is 9.47 Å². The molecule has 1 heterocycles. The van der Waals surface area contributed by atoms with Crippen molar-refractivity contribution in [1.82, 2.24) is 4.90 Å². The van der Waals surface area contributed by atoms with E-state index < -0.39 is 0 Å². The smallest absolute Gasteiger partial charge is 0.122 e. The molecule has 0 aromatic heterocycles. The molecule has 0 bridgehead atoms. The summed E-state index contributed by atoms with van der Waals surface area (Å²) in [5.41, 5.74) is 2.59. The van der Waals surface area contributed by atoms with Crippen molar-refractivity contribution in [2.75, 3.05) is 33.4 Å². The number of morpholine rings is 1. The average molecular weight is 408 g/mol. The molecule has 0 N–H and O–H groups in total. The number of thioether (sulfide) groups is 1. The standard InChI is InChI=1S/C19H22BrNO2S/c1-22-18-7-6-17(20)12-16(18)14-24-19-5-3-2-4-15(19)13-21-8-10-23-11-9-21/h2-7,12H,8-11,13-14H2,1H3. The van der Waals surface area contributed by atoms with Crippen molar-refractivity contribution in [2.24, 2.45) is 0 Å². The molecule has 0 atom stereocenters. The third-order valence-corrected chi connectivity index (χ3v) is 5.75. The van der Waals surface area contributed by atoms with Gasteiger partial charge in [0.1, 0.15) is 5.75 Å². The molecule has 1 fully saturated rings. The van der Waals surface area contributed by atoms with Gasteiger partial charge in [-0.05, 0) is 29.8 Å². The second kappa shape index (κ2) is 8.90. The normalized spacial score (nSPS) is 15.4. The number of rotatable bonds is 6. The maximum absolute atomic E-state index is 5.48. The number of benzene rings is 2. The highest BCUT2D eigenvalue weighted by molar-refractivity contribution is 9.10. The number of ether oxygens (including phenoxy) is 2. The monoisotopic (exact) mass is 407 g/mol. The van der Waals surface area contributed by atoms with E-state index >= 15 is 0 Å². The minimum Gasteiger partial charge on any atom is -0.496 e. The Hall–Kier alpha value is -1.01. The summed E-state index contributed by atoms with van der Waals surface area (Å²) in [5.74, 6) is 1.83. The van der Waals surface area contributed by atoms with Crippen LogP contribution in [0, 0.1) is 0 Å². The molecule has 0 unspecified atom stereocenters. The Morgan fingerprint density at radius 1 is 1.12 bits per heavy atom. The van der Waals surface area contributed by atoms with E-state index in [1.165, 1.54) is 16.0 Å². The molecule has 1 aliphatic rings. The molecule has 3 nitrogen and oxygen atoms in total. The molecule has 0 amide bonds. The third kappa shape index (κ3) is 4.76. The van der Waals surface area contributed by atoms with E-state index in [0.29, 0.717) is 0 Å². The molecule has 1 aliphatic heterocycles. The van der Waals surface area contributed by atoms with Crippen LogP contribution in [0.25, 0.3) is 0 Å². The predicted molar refractivity (Wildman–Crippen MR) is 103 cm³/mol. The number of halogens is 1. The van der Waals surface area contributed by atoms with Crippen molar-refractivity contribution in [1.29, 1.82) is 0 Å². The summed E-state index contributed by atoms with van der Waals surface area (Å²) >= 11 is 5.42. The molecular weight excluding hydrogens is 386 g/mol. The Morgan fingerprint density at radius 2 is 1.92 bits per heavy atom. The Morgan fingerprint density at radius 3 is 2.71 bits per heavy atom. The van der Waals surface area contributed by atoms with Crippen LogP contribution < -0.4 is 4.74 Å². The summed E-state index contributed by atoms with van der Waals surface area (Å²) in [6.45, 7) is 4.69. The highest BCUT2D eigenvalue weighted by Gasteiger charge is 2.13. The van der Waals surface area contributed by atoms with E-state index in [1.54, 1.807) is 7.11 Å². The van der Waals surface area contributed by atoms with Crippen LogP contribution >= 0.6 is 27.7 Å². The first-order valence-electron chi connectivity index (χ1n) is 8.09. The second-order valence-electron chi connectivity index (χ2n) is 5.74. The summed E-state index contributed by atoms with van der Waals surface area (Å²) in [6, 6.07) is 14.8. The van der Waals surface area contributed by atoms with Crippen LogP contribution in [0.2, 0.25) is 0 Å². The predicted octanol–water partition coefficient (Wildman–Crippen LogP) is 4.58.